The summed E-state index contributed by atoms with van der Waals surface area (Å²) >= 11 is 5.82. The fourth-order valence-electron chi connectivity index (χ4n) is 3.44. The number of amidine groups is 1. The van der Waals surface area contributed by atoms with Gasteiger partial charge in [-0.05, 0) is 24.5 Å². The van der Waals surface area contributed by atoms with Crippen LogP contribution in [0.4, 0.5) is 13.2 Å². The molecule has 0 N–H and O–H groups in total. The van der Waals surface area contributed by atoms with Gasteiger partial charge in [0.15, 0.2) is 6.04 Å². The third-order valence-corrected chi connectivity index (χ3v) is 4.69. The lowest BCUT2D eigenvalue weighted by Crippen LogP contribution is -2.50. The van der Waals surface area contributed by atoms with E-state index in [2.05, 4.69) is 10.1 Å². The van der Waals surface area contributed by atoms with Crippen molar-refractivity contribution in [2.75, 3.05) is 13.1 Å². The summed E-state index contributed by atoms with van der Waals surface area (Å²) in [6.07, 6.45) is 0.564. The summed E-state index contributed by atoms with van der Waals surface area (Å²) in [5.41, 5.74) is 0. The van der Waals surface area contributed by atoms with Gasteiger partial charge in [0.25, 0.3) is 0 Å². The Balaban J connectivity index is 1.80. The van der Waals surface area contributed by atoms with Crippen molar-refractivity contribution >= 4 is 28.5 Å². The van der Waals surface area contributed by atoms with Crippen LogP contribution >= 0.6 is 11.6 Å². The lowest BCUT2D eigenvalue weighted by Gasteiger charge is -2.31. The molecular formula is C15H18ClF3N4O. The molecule has 3 aliphatic rings. The van der Waals surface area contributed by atoms with E-state index in [9.17, 15) is 18.0 Å². The molecule has 0 aromatic carbocycles. The highest BCUT2D eigenvalue weighted by molar-refractivity contribution is 6.68. The van der Waals surface area contributed by atoms with Gasteiger partial charge in [0.2, 0.25) is 5.91 Å². The smallest absolute Gasteiger partial charge is 0.340 e. The molecule has 3 heterocycles. The lowest BCUT2D eigenvalue weighted by molar-refractivity contribution is -0.157. The van der Waals surface area contributed by atoms with Crippen LogP contribution in [0.3, 0.4) is 0 Å². The number of nitrogens with zero attached hydrogens (tertiary/aromatic N) is 4. The fraction of sp³-hybridized carbons (Fsp3) is 0.667. The van der Waals surface area contributed by atoms with E-state index in [-0.39, 0.29) is 29.4 Å². The minimum absolute atomic E-state index is 0.0578. The minimum Gasteiger partial charge on any atom is -0.340 e. The number of carbonyl (C=O) groups is 1. The Kier molecular flexibility index (Phi) is 4.59. The van der Waals surface area contributed by atoms with Crippen molar-refractivity contribution in [3.63, 3.8) is 0 Å². The zero-order chi connectivity index (χ0) is 17.5. The highest BCUT2D eigenvalue weighted by Crippen LogP contribution is 2.35. The van der Waals surface area contributed by atoms with Crippen LogP contribution in [0.2, 0.25) is 0 Å². The summed E-state index contributed by atoms with van der Waals surface area (Å²) in [5.74, 6) is 0.232. The van der Waals surface area contributed by atoms with Crippen LogP contribution in [0.1, 0.15) is 26.2 Å². The Morgan fingerprint density at radius 1 is 1.38 bits per heavy atom. The van der Waals surface area contributed by atoms with Gasteiger partial charge in [0, 0.05) is 19.5 Å². The average Bonchev–Trinajstić information content (AvgIpc) is 3.01. The quantitative estimate of drug-likeness (QED) is 0.772. The fourth-order valence-corrected chi connectivity index (χ4v) is 3.59. The number of hydrazone groups is 1. The number of fused-ring (bicyclic) bond motifs is 1. The van der Waals surface area contributed by atoms with Gasteiger partial charge in [-0.1, -0.05) is 24.9 Å². The van der Waals surface area contributed by atoms with Crippen LogP contribution < -0.4 is 0 Å². The molecule has 0 aliphatic carbocycles. The summed E-state index contributed by atoms with van der Waals surface area (Å²) < 4.78 is 40.1. The molecule has 3 unspecified atom stereocenters. The van der Waals surface area contributed by atoms with Crippen molar-refractivity contribution in [3.05, 3.63) is 12.2 Å². The summed E-state index contributed by atoms with van der Waals surface area (Å²) in [4.78, 5) is 17.4. The topological polar surface area (TPSA) is 48.3 Å². The van der Waals surface area contributed by atoms with Gasteiger partial charge in [-0.2, -0.15) is 18.3 Å². The first kappa shape index (κ1) is 17.3. The van der Waals surface area contributed by atoms with E-state index in [0.717, 1.165) is 12.8 Å². The zero-order valence-electron chi connectivity index (χ0n) is 13.1. The summed E-state index contributed by atoms with van der Waals surface area (Å²) in [6, 6.07) is -3.00. The second kappa shape index (κ2) is 6.38. The Hall–Kier alpha value is -1.57. The molecule has 3 atom stereocenters. The van der Waals surface area contributed by atoms with Crippen molar-refractivity contribution < 1.29 is 18.0 Å². The largest absolute Gasteiger partial charge is 0.413 e. The highest BCUT2D eigenvalue weighted by Gasteiger charge is 2.53. The number of carbonyl (C=O) groups excluding carboxylic acids is 1. The van der Waals surface area contributed by atoms with Crippen molar-refractivity contribution in [3.8, 4) is 0 Å². The van der Waals surface area contributed by atoms with Crippen LogP contribution in [-0.2, 0) is 4.79 Å². The van der Waals surface area contributed by atoms with E-state index in [1.54, 1.807) is 0 Å². The zero-order valence-corrected chi connectivity index (χ0v) is 13.9. The number of likely N-dealkylation sites (tertiary alicyclic amines) is 1. The van der Waals surface area contributed by atoms with Gasteiger partial charge in [-0.25, -0.2) is 5.01 Å². The highest BCUT2D eigenvalue weighted by atomic mass is 35.5. The number of hydrogen-bond acceptors (Lipinski definition) is 4. The van der Waals surface area contributed by atoms with E-state index in [0.29, 0.717) is 13.0 Å². The number of alkyl halides is 3. The Morgan fingerprint density at radius 3 is 2.79 bits per heavy atom. The van der Waals surface area contributed by atoms with Crippen molar-refractivity contribution in [1.29, 1.82) is 0 Å². The normalized spacial score (nSPS) is 29.9. The van der Waals surface area contributed by atoms with E-state index in [1.165, 1.54) is 22.1 Å². The maximum absolute atomic E-state index is 13.4. The van der Waals surface area contributed by atoms with Crippen LogP contribution in [-0.4, -0.2) is 58.2 Å². The van der Waals surface area contributed by atoms with Crippen LogP contribution in [0.5, 0.6) is 0 Å². The first-order valence-electron chi connectivity index (χ1n) is 7.93. The van der Waals surface area contributed by atoms with Crippen LogP contribution in [0.25, 0.3) is 0 Å². The third-order valence-electron chi connectivity index (χ3n) is 4.49. The van der Waals surface area contributed by atoms with Gasteiger partial charge >= 0.3 is 6.18 Å². The number of aliphatic imine (C=N–C) groups is 1. The van der Waals surface area contributed by atoms with Crippen molar-refractivity contribution in [2.24, 2.45) is 16.0 Å². The van der Waals surface area contributed by atoms with E-state index < -0.39 is 18.3 Å². The molecule has 0 saturated carbocycles. The molecule has 1 amide bonds. The average molecular weight is 363 g/mol. The van der Waals surface area contributed by atoms with Gasteiger partial charge in [0.05, 0.1) is 0 Å². The molecule has 24 heavy (non-hydrogen) atoms. The predicted octanol–water partition coefficient (Wildman–Crippen LogP) is 2.77. The second-order valence-corrected chi connectivity index (χ2v) is 6.69. The van der Waals surface area contributed by atoms with Crippen LogP contribution in [0.15, 0.2) is 22.2 Å². The summed E-state index contributed by atoms with van der Waals surface area (Å²) in [6.45, 7) is 2.46. The van der Waals surface area contributed by atoms with Crippen molar-refractivity contribution in [1.82, 2.24) is 9.91 Å². The number of amides is 1. The molecule has 3 aliphatic heterocycles. The Morgan fingerprint density at radius 2 is 2.12 bits per heavy atom. The second-order valence-electron chi connectivity index (χ2n) is 6.30. The number of hydrogen-bond donors (Lipinski definition) is 0. The minimum atomic E-state index is -4.50. The maximum Gasteiger partial charge on any atom is 0.413 e. The molecule has 0 radical (unpaired) electrons. The summed E-state index contributed by atoms with van der Waals surface area (Å²) in [5, 5.41) is 5.26. The molecular weight excluding hydrogens is 345 g/mol. The van der Waals surface area contributed by atoms with Gasteiger partial charge < -0.3 is 4.90 Å². The maximum atomic E-state index is 13.4. The molecule has 0 aromatic heterocycles. The number of allylic oxidation sites excluding steroid dienone is 1. The lowest BCUT2D eigenvalue weighted by atomic mass is 10.0. The standard InChI is InChI=1S/C15H18ClF3N4O/c1-2-3-9-6-13(24)22(7-9)8-10-14(15(17,18)19)20-12-5-4-11(16)21-23(10)12/h4-5,9-10,14H,2-3,6-8H2,1H3. The summed E-state index contributed by atoms with van der Waals surface area (Å²) in [7, 11) is 0. The molecule has 1 saturated heterocycles. The Bertz CT molecular complexity index is 616. The Labute approximate surface area is 142 Å². The third kappa shape index (κ3) is 3.29. The van der Waals surface area contributed by atoms with Gasteiger partial charge in [-0.15, -0.1) is 0 Å². The van der Waals surface area contributed by atoms with E-state index in [1.807, 2.05) is 6.92 Å². The SMILES string of the molecule is CCCC1CC(=O)N(CC2C(C(F)(F)F)N=C3C=CC(Cl)=NN32)C1. The molecule has 1 fully saturated rings. The van der Waals surface area contributed by atoms with Crippen molar-refractivity contribution in [2.45, 2.75) is 44.4 Å². The van der Waals surface area contributed by atoms with Gasteiger partial charge in [0.1, 0.15) is 17.0 Å². The first-order chi connectivity index (χ1) is 11.3. The number of halogens is 4. The molecule has 9 heteroatoms. The molecule has 0 bridgehead atoms. The van der Waals surface area contributed by atoms with E-state index in [4.69, 9.17) is 11.6 Å². The van der Waals surface area contributed by atoms with Gasteiger partial charge in [-0.3, -0.25) is 9.79 Å². The van der Waals surface area contributed by atoms with Crippen LogP contribution in [0, 0.1) is 5.92 Å². The van der Waals surface area contributed by atoms with E-state index >= 15 is 0 Å². The number of rotatable bonds is 4. The molecule has 132 valence electrons. The monoisotopic (exact) mass is 362 g/mol. The first-order valence-corrected chi connectivity index (χ1v) is 8.31. The molecule has 5 nitrogen and oxygen atoms in total. The predicted molar refractivity (Wildman–Crippen MR) is 84.9 cm³/mol. The molecule has 3 rings (SSSR count). The molecule has 0 aromatic rings. The molecule has 0 spiro atoms.